The zero-order chi connectivity index (χ0) is 13.1. The van der Waals surface area contributed by atoms with Crippen molar-refractivity contribution >= 4 is 17.7 Å². The maximum atomic E-state index is 11.5. The molecule has 0 saturated heterocycles. The van der Waals surface area contributed by atoms with Crippen LogP contribution in [0.4, 0.5) is 10.5 Å². The molecule has 2 amide bonds. The molecule has 0 atom stereocenters. The lowest BCUT2D eigenvalue weighted by Crippen LogP contribution is -2.35. The van der Waals surface area contributed by atoms with Crippen molar-refractivity contribution in [1.29, 1.82) is 0 Å². The summed E-state index contributed by atoms with van der Waals surface area (Å²) in [5.41, 5.74) is 1.57. The number of methoxy groups -OCH3 is 1. The second-order valence-corrected chi connectivity index (χ2v) is 3.89. The molecule has 1 N–H and O–H groups in total. The third kappa shape index (κ3) is 2.37. The Kier molecular flexibility index (Phi) is 3.36. The molecule has 0 saturated carbocycles. The van der Waals surface area contributed by atoms with Crippen molar-refractivity contribution in [2.24, 2.45) is 0 Å². The van der Waals surface area contributed by atoms with Crippen LogP contribution in [-0.2, 0) is 16.1 Å². The van der Waals surface area contributed by atoms with Crippen LogP contribution >= 0.6 is 0 Å². The summed E-state index contributed by atoms with van der Waals surface area (Å²) in [7, 11) is 3.00. The summed E-state index contributed by atoms with van der Waals surface area (Å²) in [6.07, 6.45) is -0.492. The minimum Gasteiger partial charge on any atom is -0.482 e. The van der Waals surface area contributed by atoms with E-state index in [9.17, 15) is 9.59 Å². The van der Waals surface area contributed by atoms with Gasteiger partial charge in [0.15, 0.2) is 6.61 Å². The van der Waals surface area contributed by atoms with Crippen molar-refractivity contribution in [1.82, 2.24) is 5.32 Å². The van der Waals surface area contributed by atoms with Crippen molar-refractivity contribution in [3.05, 3.63) is 23.8 Å². The monoisotopic (exact) mass is 250 g/mol. The summed E-state index contributed by atoms with van der Waals surface area (Å²) in [6, 6.07) is 5.42. The number of alkyl carbamates (subject to hydrolysis) is 1. The lowest BCUT2D eigenvalue weighted by Gasteiger charge is -2.26. The number of carbonyl (C=O) groups excluding carboxylic acids is 2. The highest BCUT2D eigenvalue weighted by atomic mass is 16.5. The van der Waals surface area contributed by atoms with Crippen LogP contribution < -0.4 is 15.0 Å². The standard InChI is InChI=1S/C12H14N2O4/c1-14-9-5-8(6-13-12(16)17-2)3-4-10(9)18-7-11(14)15/h3-5H,6-7H2,1-2H3,(H,13,16). The van der Waals surface area contributed by atoms with Gasteiger partial charge in [-0.25, -0.2) is 4.79 Å². The zero-order valence-corrected chi connectivity index (χ0v) is 10.2. The number of amides is 2. The number of nitrogens with one attached hydrogen (secondary N) is 1. The second kappa shape index (κ2) is 4.95. The van der Waals surface area contributed by atoms with Crippen LogP contribution in [0, 0.1) is 0 Å². The summed E-state index contributed by atoms with van der Waals surface area (Å²) < 4.78 is 9.79. The van der Waals surface area contributed by atoms with Crippen molar-refractivity contribution in [3.63, 3.8) is 0 Å². The van der Waals surface area contributed by atoms with E-state index < -0.39 is 6.09 Å². The summed E-state index contributed by atoms with van der Waals surface area (Å²) in [6.45, 7) is 0.394. The first-order valence-electron chi connectivity index (χ1n) is 5.46. The molecule has 0 radical (unpaired) electrons. The number of fused-ring (bicyclic) bond motifs is 1. The highest BCUT2D eigenvalue weighted by Gasteiger charge is 2.22. The van der Waals surface area contributed by atoms with E-state index in [0.29, 0.717) is 18.0 Å². The number of benzene rings is 1. The Morgan fingerprint density at radius 1 is 1.56 bits per heavy atom. The number of rotatable bonds is 2. The average molecular weight is 250 g/mol. The SMILES string of the molecule is COC(=O)NCc1ccc2c(c1)N(C)C(=O)CO2. The molecule has 2 rings (SSSR count). The molecule has 0 bridgehead atoms. The van der Waals surface area contributed by atoms with Gasteiger partial charge in [0, 0.05) is 13.6 Å². The van der Waals surface area contributed by atoms with Crippen LogP contribution in [0.25, 0.3) is 0 Å². The van der Waals surface area contributed by atoms with E-state index in [0.717, 1.165) is 5.56 Å². The minimum absolute atomic E-state index is 0.0588. The van der Waals surface area contributed by atoms with E-state index in [1.54, 1.807) is 18.0 Å². The van der Waals surface area contributed by atoms with E-state index >= 15 is 0 Å². The van der Waals surface area contributed by atoms with E-state index in [1.165, 1.54) is 7.11 Å². The molecule has 0 aliphatic carbocycles. The van der Waals surface area contributed by atoms with E-state index in [4.69, 9.17) is 4.74 Å². The number of anilines is 1. The fraction of sp³-hybridized carbons (Fsp3) is 0.333. The molecule has 6 nitrogen and oxygen atoms in total. The number of carbonyl (C=O) groups is 2. The van der Waals surface area contributed by atoms with Crippen molar-refractivity contribution in [2.75, 3.05) is 25.7 Å². The van der Waals surface area contributed by atoms with E-state index in [2.05, 4.69) is 10.1 Å². The molecule has 1 aromatic carbocycles. The van der Waals surface area contributed by atoms with Gasteiger partial charge in [-0.2, -0.15) is 0 Å². The molecule has 1 aliphatic heterocycles. The van der Waals surface area contributed by atoms with Gasteiger partial charge in [0.1, 0.15) is 5.75 Å². The predicted molar refractivity (Wildman–Crippen MR) is 64.6 cm³/mol. The van der Waals surface area contributed by atoms with Crippen LogP contribution in [0.1, 0.15) is 5.56 Å². The van der Waals surface area contributed by atoms with E-state index in [1.807, 2.05) is 12.1 Å². The fourth-order valence-electron chi connectivity index (χ4n) is 1.67. The van der Waals surface area contributed by atoms with Crippen LogP contribution in [0.5, 0.6) is 5.75 Å². The Morgan fingerprint density at radius 3 is 3.06 bits per heavy atom. The summed E-state index contributed by atoms with van der Waals surface area (Å²) in [5, 5.41) is 2.58. The third-order valence-corrected chi connectivity index (χ3v) is 2.73. The van der Waals surface area contributed by atoms with Gasteiger partial charge in [0.05, 0.1) is 12.8 Å². The predicted octanol–water partition coefficient (Wildman–Crippen LogP) is 0.898. The summed E-state index contributed by atoms with van der Waals surface area (Å²) in [4.78, 5) is 24.0. The quantitative estimate of drug-likeness (QED) is 0.846. The van der Waals surface area contributed by atoms with Crippen molar-refractivity contribution in [3.8, 4) is 5.75 Å². The molecule has 96 valence electrons. The Morgan fingerprint density at radius 2 is 2.33 bits per heavy atom. The first kappa shape index (κ1) is 12.2. The number of likely N-dealkylation sites (N-methyl/N-ethyl adjacent to an activating group) is 1. The van der Waals surface area contributed by atoms with Crippen molar-refractivity contribution < 1.29 is 19.1 Å². The average Bonchev–Trinajstić information content (AvgIpc) is 2.40. The topological polar surface area (TPSA) is 67.9 Å². The first-order chi connectivity index (χ1) is 8.61. The lowest BCUT2D eigenvalue weighted by molar-refractivity contribution is -0.120. The fourth-order valence-corrected chi connectivity index (χ4v) is 1.67. The van der Waals surface area contributed by atoms with Gasteiger partial charge in [-0.05, 0) is 17.7 Å². The Bertz CT molecular complexity index is 487. The normalized spacial score (nSPS) is 13.7. The summed E-state index contributed by atoms with van der Waals surface area (Å²) in [5.74, 6) is 0.569. The molecular formula is C12H14N2O4. The smallest absolute Gasteiger partial charge is 0.407 e. The zero-order valence-electron chi connectivity index (χ0n) is 10.2. The first-order valence-corrected chi connectivity index (χ1v) is 5.46. The van der Waals surface area contributed by atoms with Crippen molar-refractivity contribution in [2.45, 2.75) is 6.54 Å². The minimum atomic E-state index is -0.492. The maximum Gasteiger partial charge on any atom is 0.407 e. The molecule has 18 heavy (non-hydrogen) atoms. The molecule has 1 heterocycles. The number of hydrogen-bond acceptors (Lipinski definition) is 4. The maximum absolute atomic E-state index is 11.5. The largest absolute Gasteiger partial charge is 0.482 e. The second-order valence-electron chi connectivity index (χ2n) is 3.89. The molecular weight excluding hydrogens is 236 g/mol. The van der Waals surface area contributed by atoms with Gasteiger partial charge in [0.25, 0.3) is 5.91 Å². The van der Waals surface area contributed by atoms with E-state index in [-0.39, 0.29) is 12.5 Å². The van der Waals surface area contributed by atoms with Crippen LogP contribution in [0.2, 0.25) is 0 Å². The molecule has 0 aromatic heterocycles. The number of nitrogens with zero attached hydrogens (tertiary/aromatic N) is 1. The Hall–Kier alpha value is -2.24. The number of hydrogen-bond donors (Lipinski definition) is 1. The molecule has 6 heteroatoms. The van der Waals surface area contributed by atoms with Gasteiger partial charge in [0.2, 0.25) is 0 Å². The van der Waals surface area contributed by atoms with Gasteiger partial charge in [-0.15, -0.1) is 0 Å². The van der Waals surface area contributed by atoms with Gasteiger partial charge in [-0.1, -0.05) is 6.07 Å². The van der Waals surface area contributed by atoms with Crippen LogP contribution in [0.15, 0.2) is 18.2 Å². The number of ether oxygens (including phenoxy) is 2. The molecule has 1 aliphatic rings. The van der Waals surface area contributed by atoms with Gasteiger partial charge >= 0.3 is 6.09 Å². The third-order valence-electron chi connectivity index (χ3n) is 2.73. The lowest BCUT2D eigenvalue weighted by atomic mass is 10.1. The highest BCUT2D eigenvalue weighted by Crippen LogP contribution is 2.31. The molecule has 0 fully saturated rings. The molecule has 1 aromatic rings. The Balaban J connectivity index is 2.16. The van der Waals surface area contributed by atoms with Gasteiger partial charge < -0.3 is 19.7 Å². The highest BCUT2D eigenvalue weighted by molar-refractivity contribution is 5.97. The Labute approximate surface area is 104 Å². The van der Waals surface area contributed by atoms with Crippen LogP contribution in [-0.4, -0.2) is 32.8 Å². The van der Waals surface area contributed by atoms with Gasteiger partial charge in [-0.3, -0.25) is 4.79 Å². The summed E-state index contributed by atoms with van der Waals surface area (Å²) >= 11 is 0. The van der Waals surface area contributed by atoms with Crippen LogP contribution in [0.3, 0.4) is 0 Å². The molecule has 0 unspecified atom stereocenters. The molecule has 0 spiro atoms.